The fourth-order valence-electron chi connectivity index (χ4n) is 3.80. The molecule has 1 N–H and O–H groups in total. The van der Waals surface area contributed by atoms with Crippen molar-refractivity contribution in [3.63, 3.8) is 0 Å². The van der Waals surface area contributed by atoms with Gasteiger partial charge in [-0.25, -0.2) is 0 Å². The maximum absolute atomic E-state index is 6.52. The summed E-state index contributed by atoms with van der Waals surface area (Å²) in [6.45, 7) is 2.70. The van der Waals surface area contributed by atoms with E-state index in [0.29, 0.717) is 13.2 Å². The summed E-state index contributed by atoms with van der Waals surface area (Å²) in [5.41, 5.74) is 2.03. The van der Waals surface area contributed by atoms with E-state index in [1.165, 1.54) is 0 Å². The van der Waals surface area contributed by atoms with Crippen LogP contribution in [0.15, 0.2) is 84.9 Å². The van der Waals surface area contributed by atoms with E-state index in [-0.39, 0.29) is 6.10 Å². The molecule has 1 unspecified atom stereocenters. The molecule has 0 spiro atoms. The van der Waals surface area contributed by atoms with Gasteiger partial charge in [-0.1, -0.05) is 72.8 Å². The summed E-state index contributed by atoms with van der Waals surface area (Å²) in [5, 5.41) is 3.43. The largest absolute Gasteiger partial charge is 0.493 e. The molecule has 3 aromatic rings. The van der Waals surface area contributed by atoms with E-state index >= 15 is 0 Å². The van der Waals surface area contributed by atoms with Gasteiger partial charge in [0.15, 0.2) is 11.5 Å². The van der Waals surface area contributed by atoms with Gasteiger partial charge in [0.2, 0.25) is 5.79 Å². The minimum Gasteiger partial charge on any atom is -0.493 e. The first kappa shape index (κ1) is 21.4. The Kier molecular flexibility index (Phi) is 7.20. The van der Waals surface area contributed by atoms with Gasteiger partial charge in [0.1, 0.15) is 6.61 Å². The molecule has 1 aliphatic heterocycles. The lowest BCUT2D eigenvalue weighted by Gasteiger charge is -2.29. The van der Waals surface area contributed by atoms with Crippen LogP contribution in [0.4, 0.5) is 0 Å². The number of nitrogens with one attached hydrogen (secondary N) is 1. The zero-order chi connectivity index (χ0) is 21.4. The molecule has 1 heterocycles. The lowest BCUT2D eigenvalue weighted by atomic mass is 9.97. The predicted molar refractivity (Wildman–Crippen MR) is 120 cm³/mol. The summed E-state index contributed by atoms with van der Waals surface area (Å²) in [4.78, 5) is 0. The minimum absolute atomic E-state index is 0.0167. The smallest absolute Gasteiger partial charge is 0.222 e. The molecular formula is C26H29NO4. The zero-order valence-corrected chi connectivity index (χ0v) is 17.8. The molecule has 0 bridgehead atoms. The summed E-state index contributed by atoms with van der Waals surface area (Å²) in [6.07, 6.45) is 0.874. The van der Waals surface area contributed by atoms with Crippen molar-refractivity contribution in [2.75, 3.05) is 33.4 Å². The van der Waals surface area contributed by atoms with E-state index in [4.69, 9.17) is 18.9 Å². The Morgan fingerprint density at radius 3 is 2.10 bits per heavy atom. The molecule has 5 nitrogen and oxygen atoms in total. The van der Waals surface area contributed by atoms with Crippen molar-refractivity contribution >= 4 is 0 Å². The fourth-order valence-corrected chi connectivity index (χ4v) is 3.80. The van der Waals surface area contributed by atoms with Gasteiger partial charge in [-0.3, -0.25) is 0 Å². The van der Waals surface area contributed by atoms with E-state index in [9.17, 15) is 0 Å². The number of methoxy groups -OCH3 is 1. The van der Waals surface area contributed by atoms with Crippen LogP contribution in [0.1, 0.15) is 17.5 Å². The Balaban J connectivity index is 1.28. The standard InChI is InChI=1S/C26H29NO4/c1-28-24-14-8-9-15-25(24)29-19-18-27-17-16-23-20-30-26(31-23,21-10-4-2-5-11-21)22-12-6-3-7-13-22/h2-15,23,27H,16-20H2,1H3. The highest BCUT2D eigenvalue weighted by Gasteiger charge is 2.44. The molecule has 1 aliphatic rings. The third-order valence-corrected chi connectivity index (χ3v) is 5.36. The van der Waals surface area contributed by atoms with Crippen LogP contribution in [-0.2, 0) is 15.3 Å². The second kappa shape index (κ2) is 10.4. The van der Waals surface area contributed by atoms with Crippen LogP contribution < -0.4 is 14.8 Å². The molecule has 1 atom stereocenters. The molecule has 1 fully saturated rings. The molecule has 0 aliphatic carbocycles. The number of hydrogen-bond donors (Lipinski definition) is 1. The van der Waals surface area contributed by atoms with Gasteiger partial charge in [0.05, 0.1) is 19.8 Å². The van der Waals surface area contributed by atoms with Crippen molar-refractivity contribution in [1.82, 2.24) is 5.32 Å². The van der Waals surface area contributed by atoms with Gasteiger partial charge < -0.3 is 24.3 Å². The Morgan fingerprint density at radius 2 is 1.45 bits per heavy atom. The van der Waals surface area contributed by atoms with Gasteiger partial charge >= 0.3 is 0 Å². The number of para-hydroxylation sites is 2. The lowest BCUT2D eigenvalue weighted by Crippen LogP contribution is -2.30. The summed E-state index contributed by atoms with van der Waals surface area (Å²) in [5.74, 6) is 0.659. The average molecular weight is 420 g/mol. The molecule has 5 heteroatoms. The Morgan fingerprint density at radius 1 is 0.839 bits per heavy atom. The van der Waals surface area contributed by atoms with E-state index in [2.05, 4.69) is 29.6 Å². The number of rotatable bonds is 10. The highest BCUT2D eigenvalue weighted by molar-refractivity contribution is 5.39. The molecule has 0 saturated carbocycles. The molecular weight excluding hydrogens is 390 g/mol. The third kappa shape index (κ3) is 5.07. The Bertz CT molecular complexity index is 893. The van der Waals surface area contributed by atoms with Gasteiger partial charge in [0.25, 0.3) is 0 Å². The number of benzene rings is 3. The highest BCUT2D eigenvalue weighted by Crippen LogP contribution is 2.41. The second-order valence-electron chi connectivity index (χ2n) is 7.44. The summed E-state index contributed by atoms with van der Waals surface area (Å²) >= 11 is 0. The molecule has 0 aromatic heterocycles. The molecule has 1 saturated heterocycles. The monoisotopic (exact) mass is 419 g/mol. The summed E-state index contributed by atoms with van der Waals surface area (Å²) in [6, 6.07) is 28.0. The van der Waals surface area contributed by atoms with Crippen molar-refractivity contribution in [2.45, 2.75) is 18.3 Å². The fraction of sp³-hybridized carbons (Fsp3) is 0.308. The SMILES string of the molecule is COc1ccccc1OCCNCCC1COC(c2ccccc2)(c2ccccc2)O1. The van der Waals surface area contributed by atoms with Crippen molar-refractivity contribution < 1.29 is 18.9 Å². The first-order valence-corrected chi connectivity index (χ1v) is 10.7. The van der Waals surface area contributed by atoms with Crippen LogP contribution in [0.5, 0.6) is 11.5 Å². The number of hydrogen-bond acceptors (Lipinski definition) is 5. The van der Waals surface area contributed by atoms with Gasteiger partial charge in [0, 0.05) is 17.7 Å². The molecule has 3 aromatic carbocycles. The van der Waals surface area contributed by atoms with E-state index in [1.54, 1.807) is 7.11 Å². The quantitative estimate of drug-likeness (QED) is 0.495. The third-order valence-electron chi connectivity index (χ3n) is 5.36. The normalized spacial score (nSPS) is 17.4. The Hall–Kier alpha value is -2.86. The van der Waals surface area contributed by atoms with Crippen molar-refractivity contribution in [2.24, 2.45) is 0 Å². The molecule has 4 rings (SSSR count). The first-order chi connectivity index (χ1) is 15.3. The van der Waals surface area contributed by atoms with Gasteiger partial charge in [-0.15, -0.1) is 0 Å². The second-order valence-corrected chi connectivity index (χ2v) is 7.44. The van der Waals surface area contributed by atoms with Crippen LogP contribution in [0, 0.1) is 0 Å². The van der Waals surface area contributed by atoms with Crippen LogP contribution in [0.25, 0.3) is 0 Å². The van der Waals surface area contributed by atoms with Crippen LogP contribution in [0.3, 0.4) is 0 Å². The summed E-state index contributed by atoms with van der Waals surface area (Å²) < 4.78 is 23.9. The predicted octanol–water partition coefficient (Wildman–Crippen LogP) is 4.37. The zero-order valence-electron chi connectivity index (χ0n) is 17.8. The molecule has 31 heavy (non-hydrogen) atoms. The minimum atomic E-state index is -0.847. The van der Waals surface area contributed by atoms with Crippen molar-refractivity contribution in [3.8, 4) is 11.5 Å². The topological polar surface area (TPSA) is 49.0 Å². The van der Waals surface area contributed by atoms with Crippen LogP contribution in [0.2, 0.25) is 0 Å². The van der Waals surface area contributed by atoms with Crippen molar-refractivity contribution in [1.29, 1.82) is 0 Å². The van der Waals surface area contributed by atoms with Crippen molar-refractivity contribution in [3.05, 3.63) is 96.1 Å². The van der Waals surface area contributed by atoms with E-state index < -0.39 is 5.79 Å². The van der Waals surface area contributed by atoms with Crippen LogP contribution >= 0.6 is 0 Å². The van der Waals surface area contributed by atoms with Gasteiger partial charge in [-0.05, 0) is 25.1 Å². The molecule has 0 radical (unpaired) electrons. The average Bonchev–Trinajstić information content (AvgIpc) is 3.28. The lowest BCUT2D eigenvalue weighted by molar-refractivity contribution is -0.143. The van der Waals surface area contributed by atoms with E-state index in [0.717, 1.165) is 42.1 Å². The first-order valence-electron chi connectivity index (χ1n) is 10.7. The maximum atomic E-state index is 6.52. The molecule has 0 amide bonds. The van der Waals surface area contributed by atoms with Crippen LogP contribution in [-0.4, -0.2) is 39.5 Å². The molecule has 162 valence electrons. The maximum Gasteiger partial charge on any atom is 0.222 e. The number of ether oxygens (including phenoxy) is 4. The Labute approximate surface area is 183 Å². The van der Waals surface area contributed by atoms with Gasteiger partial charge in [-0.2, -0.15) is 0 Å². The van der Waals surface area contributed by atoms with E-state index in [1.807, 2.05) is 60.7 Å². The summed E-state index contributed by atoms with van der Waals surface area (Å²) in [7, 11) is 1.65. The highest BCUT2D eigenvalue weighted by atomic mass is 16.7.